The number of anilines is 2. The highest BCUT2D eigenvalue weighted by Gasteiger charge is 2.05. The van der Waals surface area contributed by atoms with E-state index in [1.54, 1.807) is 0 Å². The van der Waals surface area contributed by atoms with Gasteiger partial charge in [0.2, 0.25) is 5.89 Å². The fraction of sp³-hybridized carbons (Fsp3) is 0.385. The predicted octanol–water partition coefficient (Wildman–Crippen LogP) is 3.38. The zero-order chi connectivity index (χ0) is 13.5. The van der Waals surface area contributed by atoms with Crippen molar-refractivity contribution >= 4 is 23.3 Å². The van der Waals surface area contributed by atoms with E-state index in [1.165, 1.54) is 0 Å². The third kappa shape index (κ3) is 4.13. The van der Waals surface area contributed by atoms with Crippen LogP contribution in [0.15, 0.2) is 28.7 Å². The molecule has 0 aliphatic rings. The zero-order valence-electron chi connectivity index (χ0n) is 10.7. The Morgan fingerprint density at radius 2 is 2.05 bits per heavy atom. The molecule has 0 fully saturated rings. The molecule has 19 heavy (non-hydrogen) atoms. The Hall–Kier alpha value is -1.75. The van der Waals surface area contributed by atoms with Crippen LogP contribution in [0.3, 0.4) is 0 Å². The van der Waals surface area contributed by atoms with Crippen molar-refractivity contribution in [2.45, 2.75) is 19.8 Å². The van der Waals surface area contributed by atoms with E-state index >= 15 is 0 Å². The Kier molecular flexibility index (Phi) is 5.03. The van der Waals surface area contributed by atoms with Crippen LogP contribution in [0.4, 0.5) is 11.7 Å². The number of benzene rings is 1. The first kappa shape index (κ1) is 13.7. The molecule has 2 aromatic rings. The molecule has 0 bridgehead atoms. The van der Waals surface area contributed by atoms with Crippen LogP contribution in [-0.2, 0) is 6.42 Å². The third-order valence-corrected chi connectivity index (χ3v) is 2.54. The van der Waals surface area contributed by atoms with Gasteiger partial charge in [-0.1, -0.05) is 12.0 Å². The number of rotatable bonds is 7. The molecule has 1 heterocycles. The van der Waals surface area contributed by atoms with Crippen LogP contribution in [0.2, 0.25) is 0 Å². The molecule has 102 valence electrons. The van der Waals surface area contributed by atoms with Gasteiger partial charge < -0.3 is 14.5 Å². The minimum absolute atomic E-state index is 0.363. The van der Waals surface area contributed by atoms with Crippen molar-refractivity contribution in [3.05, 3.63) is 30.2 Å². The second-order valence-corrected chi connectivity index (χ2v) is 4.32. The molecule has 0 unspecified atom stereocenters. The second-order valence-electron chi connectivity index (χ2n) is 3.94. The van der Waals surface area contributed by atoms with Crippen LogP contribution in [0.25, 0.3) is 0 Å². The van der Waals surface area contributed by atoms with Crippen molar-refractivity contribution in [1.82, 2.24) is 10.2 Å². The van der Waals surface area contributed by atoms with Crippen molar-refractivity contribution in [3.8, 4) is 5.75 Å². The van der Waals surface area contributed by atoms with E-state index in [9.17, 15) is 0 Å². The van der Waals surface area contributed by atoms with E-state index in [0.717, 1.165) is 24.5 Å². The van der Waals surface area contributed by atoms with Crippen molar-refractivity contribution in [2.75, 3.05) is 17.8 Å². The van der Waals surface area contributed by atoms with Gasteiger partial charge in [-0.3, -0.25) is 0 Å². The molecule has 0 radical (unpaired) electrons. The van der Waals surface area contributed by atoms with Crippen molar-refractivity contribution in [1.29, 1.82) is 0 Å². The Bertz CT molecular complexity index is 499. The van der Waals surface area contributed by atoms with Crippen molar-refractivity contribution < 1.29 is 9.15 Å². The molecule has 1 aromatic carbocycles. The van der Waals surface area contributed by atoms with Gasteiger partial charge in [-0.2, -0.15) is 0 Å². The average molecular weight is 282 g/mol. The number of aryl methyl sites for hydroxylation is 1. The molecular formula is C13H16ClN3O2. The first-order valence-corrected chi connectivity index (χ1v) is 6.73. The number of halogens is 1. The van der Waals surface area contributed by atoms with Crippen LogP contribution in [0.5, 0.6) is 5.75 Å². The number of hydrogen-bond donors (Lipinski definition) is 1. The first-order chi connectivity index (χ1) is 9.31. The normalized spacial score (nSPS) is 10.4. The first-order valence-electron chi connectivity index (χ1n) is 6.20. The largest absolute Gasteiger partial charge is 0.494 e. The highest BCUT2D eigenvalue weighted by Crippen LogP contribution is 2.19. The average Bonchev–Trinajstić information content (AvgIpc) is 2.86. The van der Waals surface area contributed by atoms with Crippen LogP contribution >= 0.6 is 11.6 Å². The summed E-state index contributed by atoms with van der Waals surface area (Å²) in [6.07, 6.45) is 1.56. The summed E-state index contributed by atoms with van der Waals surface area (Å²) in [5, 5.41) is 10.8. The number of nitrogens with one attached hydrogen (secondary N) is 1. The van der Waals surface area contributed by atoms with Gasteiger partial charge in [-0.15, -0.1) is 16.7 Å². The fourth-order valence-electron chi connectivity index (χ4n) is 1.46. The Morgan fingerprint density at radius 1 is 1.26 bits per heavy atom. The predicted molar refractivity (Wildman–Crippen MR) is 74.2 cm³/mol. The van der Waals surface area contributed by atoms with Gasteiger partial charge in [0.25, 0.3) is 0 Å². The van der Waals surface area contributed by atoms with Gasteiger partial charge in [0.05, 0.1) is 6.61 Å². The van der Waals surface area contributed by atoms with E-state index in [2.05, 4.69) is 22.4 Å². The number of aromatic nitrogens is 2. The summed E-state index contributed by atoms with van der Waals surface area (Å²) in [5.41, 5.74) is 0.866. The van der Waals surface area contributed by atoms with Crippen LogP contribution in [0.1, 0.15) is 19.2 Å². The molecule has 0 saturated heterocycles. The molecule has 0 aliphatic heterocycles. The molecule has 0 atom stereocenters. The van der Waals surface area contributed by atoms with Gasteiger partial charge in [0, 0.05) is 18.0 Å². The Balaban J connectivity index is 1.94. The topological polar surface area (TPSA) is 60.2 Å². The molecule has 0 spiro atoms. The molecule has 1 aromatic heterocycles. The summed E-state index contributed by atoms with van der Waals surface area (Å²) < 4.78 is 10.9. The molecule has 0 saturated carbocycles. The maximum atomic E-state index is 5.60. The summed E-state index contributed by atoms with van der Waals surface area (Å²) in [6.45, 7) is 2.79. The maximum Gasteiger partial charge on any atom is 0.320 e. The van der Waals surface area contributed by atoms with E-state index < -0.39 is 0 Å². The van der Waals surface area contributed by atoms with Gasteiger partial charge in [-0.05, 0) is 30.7 Å². The number of alkyl halides is 1. The molecule has 2 rings (SSSR count). The van der Waals surface area contributed by atoms with E-state index in [4.69, 9.17) is 20.8 Å². The minimum Gasteiger partial charge on any atom is -0.494 e. The number of ether oxygens (including phenoxy) is 1. The molecule has 1 N–H and O–H groups in total. The summed E-state index contributed by atoms with van der Waals surface area (Å²) in [6, 6.07) is 7.96. The lowest BCUT2D eigenvalue weighted by molar-refractivity contribution is 0.317. The van der Waals surface area contributed by atoms with Crippen LogP contribution in [-0.4, -0.2) is 22.7 Å². The zero-order valence-corrected chi connectivity index (χ0v) is 11.5. The lowest BCUT2D eigenvalue weighted by Gasteiger charge is -2.05. The SMILES string of the molecule is CCCOc1ccc(Nc2nnc(CCCl)o2)cc1. The molecule has 6 heteroatoms. The summed E-state index contributed by atoms with van der Waals surface area (Å²) in [7, 11) is 0. The highest BCUT2D eigenvalue weighted by atomic mass is 35.5. The lowest BCUT2D eigenvalue weighted by Crippen LogP contribution is -1.95. The Labute approximate surface area is 116 Å². The molecule has 0 aliphatic carbocycles. The Morgan fingerprint density at radius 3 is 2.74 bits per heavy atom. The minimum atomic E-state index is 0.363. The highest BCUT2D eigenvalue weighted by molar-refractivity contribution is 6.17. The summed E-state index contributed by atoms with van der Waals surface area (Å²) in [5.74, 6) is 1.84. The van der Waals surface area contributed by atoms with Gasteiger partial charge in [-0.25, -0.2) is 0 Å². The molecule has 5 nitrogen and oxygen atoms in total. The quantitative estimate of drug-likeness (QED) is 0.788. The second kappa shape index (κ2) is 6.99. The lowest BCUT2D eigenvalue weighted by atomic mass is 10.3. The van der Waals surface area contributed by atoms with Crippen LogP contribution in [0, 0.1) is 0 Å². The monoisotopic (exact) mass is 281 g/mol. The van der Waals surface area contributed by atoms with Gasteiger partial charge >= 0.3 is 6.01 Å². The van der Waals surface area contributed by atoms with E-state index in [0.29, 0.717) is 24.2 Å². The summed E-state index contributed by atoms with van der Waals surface area (Å²) >= 11 is 5.60. The summed E-state index contributed by atoms with van der Waals surface area (Å²) in [4.78, 5) is 0. The number of nitrogens with zero attached hydrogens (tertiary/aromatic N) is 2. The standard InChI is InChI=1S/C13H16ClN3O2/c1-2-9-18-11-5-3-10(4-6-11)15-13-17-16-12(19-13)7-8-14/h3-6H,2,7-9H2,1H3,(H,15,17). The maximum absolute atomic E-state index is 5.60. The van der Waals surface area contributed by atoms with Gasteiger partial charge in [0.15, 0.2) is 0 Å². The van der Waals surface area contributed by atoms with E-state index in [1.807, 2.05) is 24.3 Å². The smallest absolute Gasteiger partial charge is 0.320 e. The molecular weight excluding hydrogens is 266 g/mol. The van der Waals surface area contributed by atoms with E-state index in [-0.39, 0.29) is 0 Å². The molecule has 0 amide bonds. The fourth-order valence-corrected chi connectivity index (χ4v) is 1.63. The van der Waals surface area contributed by atoms with Gasteiger partial charge in [0.1, 0.15) is 5.75 Å². The van der Waals surface area contributed by atoms with Crippen LogP contribution < -0.4 is 10.1 Å². The van der Waals surface area contributed by atoms with Crippen molar-refractivity contribution in [3.63, 3.8) is 0 Å². The third-order valence-electron chi connectivity index (χ3n) is 2.35. The number of hydrogen-bond acceptors (Lipinski definition) is 5. The van der Waals surface area contributed by atoms with Crippen molar-refractivity contribution in [2.24, 2.45) is 0 Å².